The molecule has 0 radical (unpaired) electrons. The summed E-state index contributed by atoms with van der Waals surface area (Å²) in [5, 5.41) is 8.26. The maximum absolute atomic E-state index is 11.7. The van der Waals surface area contributed by atoms with Gasteiger partial charge < -0.3 is 11.1 Å². The number of benzene rings is 2. The van der Waals surface area contributed by atoms with Crippen LogP contribution in [0.2, 0.25) is 0 Å². The average molecular weight is 423 g/mol. The molecule has 0 bridgehead atoms. The minimum atomic E-state index is -0.506. The molecule has 0 aliphatic heterocycles. The second-order valence-electron chi connectivity index (χ2n) is 6.09. The number of nitrogens with two attached hydrogens (primary N) is 1. The van der Waals surface area contributed by atoms with Gasteiger partial charge in [-0.25, -0.2) is 9.97 Å². The van der Waals surface area contributed by atoms with Gasteiger partial charge in [-0.1, -0.05) is 15.9 Å². The molecule has 3 N–H and O–H groups in total. The predicted molar refractivity (Wildman–Crippen MR) is 108 cm³/mol. The molecular weight excluding hydrogens is 408 g/mol. The van der Waals surface area contributed by atoms with Gasteiger partial charge in [0.05, 0.1) is 11.7 Å². The van der Waals surface area contributed by atoms with Gasteiger partial charge in [0.1, 0.15) is 0 Å². The number of hydrogen-bond donors (Lipinski definition) is 2. The summed E-state index contributed by atoms with van der Waals surface area (Å²) < 4.78 is 2.67. The fourth-order valence-corrected chi connectivity index (χ4v) is 3.15. The monoisotopic (exact) mass is 422 g/mol. The summed E-state index contributed by atoms with van der Waals surface area (Å²) in [5.41, 5.74) is 9.08. The van der Waals surface area contributed by atoms with E-state index in [-0.39, 0.29) is 0 Å². The Balaban J connectivity index is 1.73. The zero-order valence-electron chi connectivity index (χ0n) is 14.3. The number of halogens is 1. The van der Waals surface area contributed by atoms with E-state index in [4.69, 9.17) is 5.73 Å². The zero-order chi connectivity index (χ0) is 19.0. The second-order valence-corrected chi connectivity index (χ2v) is 7.00. The van der Waals surface area contributed by atoms with E-state index in [2.05, 4.69) is 36.3 Å². The summed E-state index contributed by atoms with van der Waals surface area (Å²) in [4.78, 5) is 20.6. The minimum Gasteiger partial charge on any atom is -0.366 e. The van der Waals surface area contributed by atoms with Crippen LogP contribution in [0, 0.1) is 0 Å². The largest absolute Gasteiger partial charge is 0.366 e. The molecule has 27 heavy (non-hydrogen) atoms. The molecule has 0 unspecified atom stereocenters. The molecule has 1 amide bonds. The molecule has 0 saturated heterocycles. The van der Waals surface area contributed by atoms with E-state index >= 15 is 0 Å². The van der Waals surface area contributed by atoms with Crippen molar-refractivity contribution in [3.63, 3.8) is 0 Å². The number of anilines is 2. The number of amides is 1. The number of fused-ring (bicyclic) bond motifs is 1. The standard InChI is InChI=1S/C19H15BrN6O/c1-26-10-14(9-23-26)11-4-12(18(21)27)7-16(6-11)24-19-22-8-13-5-15(20)2-3-17(13)25-19/h2-10H,1H3,(H2,21,27)(H,22,24,25). The van der Waals surface area contributed by atoms with Gasteiger partial charge in [0.2, 0.25) is 11.9 Å². The first kappa shape index (κ1) is 17.2. The van der Waals surface area contributed by atoms with Crippen molar-refractivity contribution in [2.45, 2.75) is 0 Å². The van der Waals surface area contributed by atoms with E-state index in [9.17, 15) is 4.79 Å². The molecule has 0 atom stereocenters. The summed E-state index contributed by atoms with van der Waals surface area (Å²) in [6.45, 7) is 0. The Hall–Kier alpha value is -3.26. The van der Waals surface area contributed by atoms with Crippen LogP contribution in [0.5, 0.6) is 0 Å². The van der Waals surface area contributed by atoms with Crippen LogP contribution in [0.15, 0.2) is 59.5 Å². The summed E-state index contributed by atoms with van der Waals surface area (Å²) in [7, 11) is 1.84. The van der Waals surface area contributed by atoms with Crippen LogP contribution < -0.4 is 11.1 Å². The SMILES string of the molecule is Cn1cc(-c2cc(Nc3ncc4cc(Br)ccc4n3)cc(C(N)=O)c2)cn1. The van der Waals surface area contributed by atoms with Crippen molar-refractivity contribution in [2.75, 3.05) is 5.32 Å². The van der Waals surface area contributed by atoms with E-state index in [1.165, 1.54) is 0 Å². The smallest absolute Gasteiger partial charge is 0.248 e. The molecule has 8 heteroatoms. The van der Waals surface area contributed by atoms with Crippen molar-refractivity contribution in [3.05, 3.63) is 65.0 Å². The topological polar surface area (TPSA) is 98.7 Å². The third-order valence-electron chi connectivity index (χ3n) is 4.05. The van der Waals surface area contributed by atoms with Crippen LogP contribution in [0.3, 0.4) is 0 Å². The quantitative estimate of drug-likeness (QED) is 0.522. The number of carbonyl (C=O) groups excluding carboxylic acids is 1. The molecule has 4 rings (SSSR count). The van der Waals surface area contributed by atoms with Crippen molar-refractivity contribution in [2.24, 2.45) is 12.8 Å². The lowest BCUT2D eigenvalue weighted by Crippen LogP contribution is -2.11. The van der Waals surface area contributed by atoms with Crippen LogP contribution in [-0.4, -0.2) is 25.7 Å². The maximum Gasteiger partial charge on any atom is 0.248 e. The van der Waals surface area contributed by atoms with Gasteiger partial charge in [-0.2, -0.15) is 5.10 Å². The van der Waals surface area contributed by atoms with Gasteiger partial charge in [-0.15, -0.1) is 0 Å². The van der Waals surface area contributed by atoms with Crippen molar-refractivity contribution in [3.8, 4) is 11.1 Å². The lowest BCUT2D eigenvalue weighted by atomic mass is 10.0. The highest BCUT2D eigenvalue weighted by Crippen LogP contribution is 2.26. The number of nitrogens with one attached hydrogen (secondary N) is 1. The van der Waals surface area contributed by atoms with Gasteiger partial charge in [0, 0.05) is 46.1 Å². The Kier molecular flexibility index (Phi) is 4.33. The molecule has 0 spiro atoms. The van der Waals surface area contributed by atoms with Gasteiger partial charge in [-0.05, 0) is 42.0 Å². The number of primary amides is 1. The minimum absolute atomic E-state index is 0.392. The molecule has 0 aliphatic carbocycles. The highest BCUT2D eigenvalue weighted by Gasteiger charge is 2.10. The Morgan fingerprint density at radius 1 is 1.15 bits per heavy atom. The number of aromatic nitrogens is 4. The van der Waals surface area contributed by atoms with Crippen molar-refractivity contribution in [1.82, 2.24) is 19.7 Å². The van der Waals surface area contributed by atoms with Crippen LogP contribution in [0.1, 0.15) is 10.4 Å². The fraction of sp³-hybridized carbons (Fsp3) is 0.0526. The highest BCUT2D eigenvalue weighted by molar-refractivity contribution is 9.10. The molecule has 2 heterocycles. The first-order chi connectivity index (χ1) is 13.0. The molecule has 4 aromatic rings. The Labute approximate surface area is 163 Å². The average Bonchev–Trinajstić information content (AvgIpc) is 3.08. The van der Waals surface area contributed by atoms with Gasteiger partial charge in [-0.3, -0.25) is 9.48 Å². The van der Waals surface area contributed by atoms with E-state index in [1.54, 1.807) is 29.2 Å². The van der Waals surface area contributed by atoms with E-state index < -0.39 is 5.91 Å². The Bertz CT molecular complexity index is 1170. The predicted octanol–water partition coefficient (Wildman–Crippen LogP) is 3.64. The summed E-state index contributed by atoms with van der Waals surface area (Å²) in [6.07, 6.45) is 5.35. The lowest BCUT2D eigenvalue weighted by molar-refractivity contribution is 0.100. The molecule has 2 aromatic heterocycles. The van der Waals surface area contributed by atoms with Crippen LogP contribution in [-0.2, 0) is 7.05 Å². The van der Waals surface area contributed by atoms with E-state index in [0.29, 0.717) is 17.2 Å². The normalized spacial score (nSPS) is 10.9. The van der Waals surface area contributed by atoms with Crippen molar-refractivity contribution in [1.29, 1.82) is 0 Å². The number of carbonyl (C=O) groups is 1. The Morgan fingerprint density at radius 3 is 2.74 bits per heavy atom. The van der Waals surface area contributed by atoms with E-state index in [0.717, 1.165) is 26.5 Å². The Morgan fingerprint density at radius 2 is 2.00 bits per heavy atom. The summed E-state index contributed by atoms with van der Waals surface area (Å²) in [6, 6.07) is 11.1. The van der Waals surface area contributed by atoms with Crippen LogP contribution in [0.25, 0.3) is 22.0 Å². The van der Waals surface area contributed by atoms with E-state index in [1.807, 2.05) is 37.5 Å². The first-order valence-corrected chi connectivity index (χ1v) is 8.90. The first-order valence-electron chi connectivity index (χ1n) is 8.11. The van der Waals surface area contributed by atoms with Gasteiger partial charge >= 0.3 is 0 Å². The fourth-order valence-electron chi connectivity index (χ4n) is 2.77. The summed E-state index contributed by atoms with van der Waals surface area (Å²) in [5.74, 6) is -0.0725. The molecule has 0 aliphatic rings. The number of nitrogens with zero attached hydrogens (tertiary/aromatic N) is 4. The highest BCUT2D eigenvalue weighted by atomic mass is 79.9. The van der Waals surface area contributed by atoms with Crippen LogP contribution >= 0.6 is 15.9 Å². The van der Waals surface area contributed by atoms with Crippen molar-refractivity contribution < 1.29 is 4.79 Å². The zero-order valence-corrected chi connectivity index (χ0v) is 15.9. The van der Waals surface area contributed by atoms with Crippen molar-refractivity contribution >= 4 is 44.4 Å². The molecular formula is C19H15BrN6O. The lowest BCUT2D eigenvalue weighted by Gasteiger charge is -2.09. The molecule has 0 saturated carbocycles. The number of aryl methyl sites for hydroxylation is 1. The maximum atomic E-state index is 11.7. The third kappa shape index (κ3) is 3.65. The summed E-state index contributed by atoms with van der Waals surface area (Å²) >= 11 is 3.44. The number of hydrogen-bond acceptors (Lipinski definition) is 5. The van der Waals surface area contributed by atoms with Crippen LogP contribution in [0.4, 0.5) is 11.6 Å². The second kappa shape index (κ2) is 6.81. The van der Waals surface area contributed by atoms with Gasteiger partial charge in [0.25, 0.3) is 0 Å². The third-order valence-corrected chi connectivity index (χ3v) is 4.55. The molecule has 2 aromatic carbocycles. The molecule has 134 valence electrons. The molecule has 7 nitrogen and oxygen atoms in total. The number of rotatable bonds is 4. The molecule has 0 fully saturated rings. The van der Waals surface area contributed by atoms with Gasteiger partial charge in [0.15, 0.2) is 0 Å².